The number of fused-ring (bicyclic) bond motifs is 2. The Labute approximate surface area is 174 Å². The highest BCUT2D eigenvalue weighted by molar-refractivity contribution is 6.08. The number of nitrogens with zero attached hydrogens (tertiary/aromatic N) is 1. The van der Waals surface area contributed by atoms with Crippen LogP contribution in [0.5, 0.6) is 5.75 Å². The molecule has 30 heavy (non-hydrogen) atoms. The molecule has 0 atom stereocenters. The van der Waals surface area contributed by atoms with Crippen molar-refractivity contribution in [3.05, 3.63) is 72.3 Å². The molecular weight excluding hydrogens is 378 g/mol. The highest BCUT2D eigenvalue weighted by atomic mass is 16.5. The van der Waals surface area contributed by atoms with Gasteiger partial charge in [-0.05, 0) is 35.9 Å². The fourth-order valence-electron chi connectivity index (χ4n) is 3.42. The lowest BCUT2D eigenvalue weighted by molar-refractivity contribution is 0.150. The topological polar surface area (TPSA) is 72.5 Å². The Kier molecular flexibility index (Phi) is 5.66. The van der Waals surface area contributed by atoms with Crippen molar-refractivity contribution in [1.29, 1.82) is 0 Å². The van der Waals surface area contributed by atoms with Crippen LogP contribution >= 0.6 is 0 Å². The van der Waals surface area contributed by atoms with Gasteiger partial charge in [-0.25, -0.2) is 9.78 Å². The van der Waals surface area contributed by atoms with Gasteiger partial charge in [0.05, 0.1) is 30.4 Å². The molecule has 0 aliphatic carbocycles. The van der Waals surface area contributed by atoms with Gasteiger partial charge in [-0.2, -0.15) is 0 Å². The summed E-state index contributed by atoms with van der Waals surface area (Å²) < 4.78 is 10.5. The number of alkyl carbamates (subject to hydrolysis) is 1. The molecule has 0 fully saturated rings. The van der Waals surface area contributed by atoms with Crippen LogP contribution in [-0.2, 0) is 11.2 Å². The lowest BCUT2D eigenvalue weighted by atomic mass is 10.1. The van der Waals surface area contributed by atoms with Crippen LogP contribution in [0.4, 0.5) is 16.2 Å². The molecule has 0 saturated carbocycles. The number of carbonyl (C=O) groups excluding carboxylic acids is 1. The molecule has 1 aromatic heterocycles. The summed E-state index contributed by atoms with van der Waals surface area (Å²) in [4.78, 5) is 16.0. The van der Waals surface area contributed by atoms with Gasteiger partial charge in [0.2, 0.25) is 0 Å². The molecule has 0 bridgehead atoms. The van der Waals surface area contributed by atoms with Gasteiger partial charge in [0.1, 0.15) is 5.75 Å². The molecule has 0 aliphatic rings. The molecule has 0 spiro atoms. The number of carbonyl (C=O) groups is 1. The molecule has 4 rings (SSSR count). The van der Waals surface area contributed by atoms with E-state index in [-0.39, 0.29) is 0 Å². The summed E-state index contributed by atoms with van der Waals surface area (Å²) >= 11 is 0. The van der Waals surface area contributed by atoms with Gasteiger partial charge >= 0.3 is 6.09 Å². The Hall–Kier alpha value is -3.80. The maximum atomic E-state index is 11.2. The Morgan fingerprint density at radius 3 is 2.63 bits per heavy atom. The van der Waals surface area contributed by atoms with E-state index in [0.29, 0.717) is 13.0 Å². The zero-order chi connectivity index (χ0) is 20.9. The number of rotatable bonds is 6. The van der Waals surface area contributed by atoms with Gasteiger partial charge in [-0.3, -0.25) is 0 Å². The minimum absolute atomic E-state index is 0.323. The molecule has 0 radical (unpaired) electrons. The number of amides is 1. The van der Waals surface area contributed by atoms with E-state index in [4.69, 9.17) is 14.5 Å². The first-order chi connectivity index (χ1) is 14.7. The molecule has 6 heteroatoms. The van der Waals surface area contributed by atoms with Crippen LogP contribution in [0.2, 0.25) is 0 Å². The van der Waals surface area contributed by atoms with Crippen molar-refractivity contribution in [3.8, 4) is 5.75 Å². The fraction of sp³-hybridized carbons (Fsp3) is 0.167. The molecule has 4 aromatic rings. The maximum Gasteiger partial charge on any atom is 0.406 e. The normalized spacial score (nSPS) is 10.7. The molecule has 1 heterocycles. The summed E-state index contributed by atoms with van der Waals surface area (Å²) in [5, 5.41) is 8.09. The van der Waals surface area contributed by atoms with Gasteiger partial charge in [0.15, 0.2) is 0 Å². The lowest BCUT2D eigenvalue weighted by Crippen LogP contribution is -2.20. The second kappa shape index (κ2) is 8.69. The standard InChI is InChI=1S/C24H23N3O3/c1-25-24(28)30-13-12-16-6-5-7-17(14-16)26-23-19-8-3-4-9-21(19)27-22-15-18(29-2)10-11-20(22)23/h3-11,14-15H,12-13H2,1-2H3,(H,25,28)(H,26,27). The highest BCUT2D eigenvalue weighted by Crippen LogP contribution is 2.34. The second-order valence-electron chi connectivity index (χ2n) is 6.85. The molecule has 0 unspecified atom stereocenters. The van der Waals surface area contributed by atoms with Crippen molar-refractivity contribution >= 4 is 39.3 Å². The third-order valence-corrected chi connectivity index (χ3v) is 4.91. The monoisotopic (exact) mass is 401 g/mol. The Bertz CT molecular complexity index is 1210. The van der Waals surface area contributed by atoms with Crippen molar-refractivity contribution in [1.82, 2.24) is 10.3 Å². The summed E-state index contributed by atoms with van der Waals surface area (Å²) in [5.74, 6) is 0.773. The Morgan fingerprint density at radius 1 is 0.967 bits per heavy atom. The number of benzene rings is 3. The quantitative estimate of drug-likeness (QED) is 0.443. The van der Waals surface area contributed by atoms with E-state index >= 15 is 0 Å². The van der Waals surface area contributed by atoms with E-state index in [9.17, 15) is 4.79 Å². The molecule has 2 N–H and O–H groups in total. The molecule has 1 amide bonds. The Morgan fingerprint density at radius 2 is 1.80 bits per heavy atom. The number of anilines is 2. The number of hydrogen-bond donors (Lipinski definition) is 2. The Balaban J connectivity index is 1.69. The van der Waals surface area contributed by atoms with Gasteiger partial charge in [-0.15, -0.1) is 0 Å². The van der Waals surface area contributed by atoms with Crippen molar-refractivity contribution in [3.63, 3.8) is 0 Å². The number of methoxy groups -OCH3 is 1. The number of hydrogen-bond acceptors (Lipinski definition) is 5. The van der Waals surface area contributed by atoms with E-state index in [2.05, 4.69) is 22.8 Å². The van der Waals surface area contributed by atoms with Crippen molar-refractivity contribution in [2.24, 2.45) is 0 Å². The molecule has 0 aliphatic heterocycles. The van der Waals surface area contributed by atoms with Crippen LogP contribution in [0.3, 0.4) is 0 Å². The molecule has 0 saturated heterocycles. The third kappa shape index (κ3) is 4.12. The van der Waals surface area contributed by atoms with Gasteiger partial charge in [-0.1, -0.05) is 30.3 Å². The van der Waals surface area contributed by atoms with E-state index in [1.54, 1.807) is 14.2 Å². The summed E-state index contributed by atoms with van der Waals surface area (Å²) in [6, 6.07) is 22.1. The van der Waals surface area contributed by atoms with Crippen molar-refractivity contribution in [2.45, 2.75) is 6.42 Å². The summed E-state index contributed by atoms with van der Waals surface area (Å²) in [5.41, 5.74) is 4.81. The lowest BCUT2D eigenvalue weighted by Gasteiger charge is -2.15. The predicted octanol–water partition coefficient (Wildman–Crippen LogP) is 5.04. The third-order valence-electron chi connectivity index (χ3n) is 4.91. The smallest absolute Gasteiger partial charge is 0.406 e. The van der Waals surface area contributed by atoms with Crippen molar-refractivity contribution in [2.75, 3.05) is 26.1 Å². The summed E-state index contributed by atoms with van der Waals surface area (Å²) in [6.45, 7) is 0.323. The highest BCUT2D eigenvalue weighted by Gasteiger charge is 2.11. The van der Waals surface area contributed by atoms with Crippen LogP contribution in [0.25, 0.3) is 21.8 Å². The largest absolute Gasteiger partial charge is 0.497 e. The molecule has 152 valence electrons. The number of aromatic nitrogens is 1. The first-order valence-electron chi connectivity index (χ1n) is 9.75. The van der Waals surface area contributed by atoms with Gasteiger partial charge < -0.3 is 20.1 Å². The first kappa shape index (κ1) is 19.5. The van der Waals surface area contributed by atoms with Crippen LogP contribution in [0, 0.1) is 0 Å². The van der Waals surface area contributed by atoms with E-state index < -0.39 is 6.09 Å². The average Bonchev–Trinajstić information content (AvgIpc) is 2.78. The predicted molar refractivity (Wildman–Crippen MR) is 120 cm³/mol. The number of para-hydroxylation sites is 1. The number of pyridine rings is 1. The SMILES string of the molecule is CNC(=O)OCCc1cccc(Nc2c3ccccc3nc3cc(OC)ccc23)c1. The fourth-order valence-corrected chi connectivity index (χ4v) is 3.42. The van der Waals surface area contributed by atoms with Crippen molar-refractivity contribution < 1.29 is 14.3 Å². The zero-order valence-electron chi connectivity index (χ0n) is 16.9. The summed E-state index contributed by atoms with van der Waals surface area (Å²) in [6.07, 6.45) is 0.215. The second-order valence-corrected chi connectivity index (χ2v) is 6.85. The zero-order valence-corrected chi connectivity index (χ0v) is 16.9. The maximum absolute atomic E-state index is 11.2. The van der Waals surface area contributed by atoms with Crippen LogP contribution in [0.1, 0.15) is 5.56 Å². The van der Waals surface area contributed by atoms with Crippen LogP contribution in [0.15, 0.2) is 66.7 Å². The number of nitrogens with one attached hydrogen (secondary N) is 2. The average molecular weight is 401 g/mol. The minimum atomic E-state index is -0.422. The van der Waals surface area contributed by atoms with E-state index in [1.165, 1.54) is 0 Å². The van der Waals surface area contributed by atoms with E-state index in [1.807, 2.05) is 54.6 Å². The first-order valence-corrected chi connectivity index (χ1v) is 9.75. The van der Waals surface area contributed by atoms with Crippen LogP contribution in [-0.4, -0.2) is 31.8 Å². The minimum Gasteiger partial charge on any atom is -0.497 e. The van der Waals surface area contributed by atoms with Gasteiger partial charge in [0, 0.05) is 36.0 Å². The summed E-state index contributed by atoms with van der Waals surface area (Å²) in [7, 11) is 3.20. The molecule has 6 nitrogen and oxygen atoms in total. The molecule has 3 aromatic carbocycles. The van der Waals surface area contributed by atoms with Crippen LogP contribution < -0.4 is 15.4 Å². The van der Waals surface area contributed by atoms with E-state index in [0.717, 1.165) is 44.5 Å². The number of ether oxygens (including phenoxy) is 2. The molecular formula is C24H23N3O3. The van der Waals surface area contributed by atoms with Gasteiger partial charge in [0.25, 0.3) is 0 Å².